The van der Waals surface area contributed by atoms with Crippen molar-refractivity contribution in [3.05, 3.63) is 0 Å². The number of rotatable bonds is 3. The van der Waals surface area contributed by atoms with Crippen molar-refractivity contribution in [2.24, 2.45) is 0 Å². The number of nitrogens with zero attached hydrogens (tertiary/aromatic N) is 1. The average Bonchev–Trinajstić information content (AvgIpc) is 1.83. The molecule has 0 aromatic rings. The van der Waals surface area contributed by atoms with Crippen LogP contribution in [0.3, 0.4) is 0 Å². The number of ether oxygens (including phenoxy) is 1. The molecular weight excluding hydrogens is 170 g/mol. The number of hydrogen-bond donors (Lipinski definition) is 0. The third-order valence-electron chi connectivity index (χ3n) is 0.627. The molecule has 0 aliphatic rings. The lowest BCUT2D eigenvalue weighted by Gasteiger charge is -1.99. The third-order valence-corrected chi connectivity index (χ3v) is 0.951. The molecule has 0 aromatic carbocycles. The molecule has 46 valence electrons. The lowest BCUT2D eigenvalue weighted by atomic mass is 10.5. The molecule has 3 heteroatoms. The van der Waals surface area contributed by atoms with E-state index < -0.39 is 0 Å². The number of hydrogen-bond acceptors (Lipinski definition) is 2. The summed E-state index contributed by atoms with van der Waals surface area (Å²) >= 11 is 3.17. The topological polar surface area (TPSA) is 33.0 Å². The molecule has 0 aliphatic carbocycles. The lowest BCUT2D eigenvalue weighted by molar-refractivity contribution is 0.117. The molecule has 0 aliphatic heterocycles. The summed E-state index contributed by atoms with van der Waals surface area (Å²) in [5.74, 6) is 0. The van der Waals surface area contributed by atoms with E-state index in [1.807, 2.05) is 6.07 Å². The zero-order valence-electron chi connectivity index (χ0n) is 4.72. The molecule has 0 spiro atoms. The van der Waals surface area contributed by atoms with Crippen LogP contribution >= 0.6 is 15.9 Å². The van der Waals surface area contributed by atoms with Gasteiger partial charge in [0.25, 0.3) is 0 Å². The fourth-order valence-corrected chi connectivity index (χ4v) is 0.445. The van der Waals surface area contributed by atoms with Crippen LogP contribution in [-0.2, 0) is 4.74 Å². The van der Waals surface area contributed by atoms with Crippen molar-refractivity contribution in [1.82, 2.24) is 0 Å². The second kappa shape index (κ2) is 5.07. The molecule has 0 saturated carbocycles. The Kier molecular flexibility index (Phi) is 5.03. The Balaban J connectivity index is 3.02. The summed E-state index contributed by atoms with van der Waals surface area (Å²) < 4.78 is 4.93. The van der Waals surface area contributed by atoms with E-state index in [1.165, 1.54) is 0 Å². The summed E-state index contributed by atoms with van der Waals surface area (Å²) in [5.41, 5.74) is 0. The Labute approximate surface area is 57.6 Å². The minimum Gasteiger partial charge on any atom is -0.363 e. The first-order valence-corrected chi connectivity index (χ1v) is 3.50. The summed E-state index contributed by atoms with van der Waals surface area (Å²) in [6.45, 7) is 2.33. The number of halogens is 1. The second-order valence-electron chi connectivity index (χ2n) is 1.33. The first-order chi connectivity index (χ1) is 3.81. The van der Waals surface area contributed by atoms with E-state index in [2.05, 4.69) is 15.9 Å². The molecular formula is C5H8BrNO. The van der Waals surface area contributed by atoms with Gasteiger partial charge >= 0.3 is 0 Å². The van der Waals surface area contributed by atoms with Gasteiger partial charge in [0, 0.05) is 5.33 Å². The van der Waals surface area contributed by atoms with Crippen molar-refractivity contribution < 1.29 is 4.74 Å². The van der Waals surface area contributed by atoms with Gasteiger partial charge in [0.05, 0.1) is 12.7 Å². The molecule has 0 unspecified atom stereocenters. The van der Waals surface area contributed by atoms with Crippen LogP contribution in [0.25, 0.3) is 0 Å². The maximum Gasteiger partial charge on any atom is 0.141 e. The molecule has 2 nitrogen and oxygen atoms in total. The van der Waals surface area contributed by atoms with E-state index in [0.29, 0.717) is 6.61 Å². The molecule has 0 amide bonds. The minimum atomic E-state index is -0.271. The van der Waals surface area contributed by atoms with Crippen molar-refractivity contribution in [2.45, 2.75) is 13.0 Å². The summed E-state index contributed by atoms with van der Waals surface area (Å²) in [7, 11) is 0. The number of alkyl halides is 1. The first-order valence-electron chi connectivity index (χ1n) is 2.38. The summed E-state index contributed by atoms with van der Waals surface area (Å²) in [6, 6.07) is 1.96. The summed E-state index contributed by atoms with van der Waals surface area (Å²) in [5, 5.41) is 8.96. The van der Waals surface area contributed by atoms with Crippen LogP contribution in [0.5, 0.6) is 0 Å². The molecule has 0 radical (unpaired) electrons. The van der Waals surface area contributed by atoms with E-state index >= 15 is 0 Å². The normalized spacial score (nSPS) is 12.6. The van der Waals surface area contributed by atoms with Crippen molar-refractivity contribution >= 4 is 15.9 Å². The Morgan fingerprint density at radius 3 is 2.88 bits per heavy atom. The predicted molar refractivity (Wildman–Crippen MR) is 34.8 cm³/mol. The van der Waals surface area contributed by atoms with Crippen molar-refractivity contribution in [3.63, 3.8) is 0 Å². The third kappa shape index (κ3) is 4.10. The maximum atomic E-state index is 8.17. The van der Waals surface area contributed by atoms with E-state index in [1.54, 1.807) is 6.92 Å². The van der Waals surface area contributed by atoms with Gasteiger partial charge in [-0.3, -0.25) is 0 Å². The average molecular weight is 178 g/mol. The highest BCUT2D eigenvalue weighted by Gasteiger charge is 1.94. The van der Waals surface area contributed by atoms with Crippen molar-refractivity contribution in [2.75, 3.05) is 11.9 Å². The highest BCUT2D eigenvalue weighted by Crippen LogP contribution is 1.88. The Hall–Kier alpha value is -0.0700. The van der Waals surface area contributed by atoms with Crippen LogP contribution in [0.15, 0.2) is 0 Å². The first kappa shape index (κ1) is 7.93. The quantitative estimate of drug-likeness (QED) is 0.610. The fourth-order valence-electron chi connectivity index (χ4n) is 0.259. The molecule has 0 saturated heterocycles. The monoisotopic (exact) mass is 177 g/mol. The second-order valence-corrected chi connectivity index (χ2v) is 2.12. The van der Waals surface area contributed by atoms with Gasteiger partial charge in [0.15, 0.2) is 0 Å². The van der Waals surface area contributed by atoms with E-state index in [9.17, 15) is 0 Å². The predicted octanol–water partition coefficient (Wildman–Crippen LogP) is 1.31. The largest absolute Gasteiger partial charge is 0.363 e. The van der Waals surface area contributed by atoms with Gasteiger partial charge in [-0.2, -0.15) is 5.26 Å². The zero-order chi connectivity index (χ0) is 6.41. The van der Waals surface area contributed by atoms with Crippen LogP contribution in [-0.4, -0.2) is 18.0 Å². The molecule has 0 fully saturated rings. The van der Waals surface area contributed by atoms with E-state index in [4.69, 9.17) is 10.00 Å². The van der Waals surface area contributed by atoms with Crippen molar-refractivity contribution in [3.8, 4) is 6.07 Å². The van der Waals surface area contributed by atoms with Crippen LogP contribution in [0.2, 0.25) is 0 Å². The minimum absolute atomic E-state index is 0.271. The molecule has 1 atom stereocenters. The van der Waals surface area contributed by atoms with Crippen LogP contribution in [0.4, 0.5) is 0 Å². The molecule has 8 heavy (non-hydrogen) atoms. The summed E-state index contributed by atoms with van der Waals surface area (Å²) in [6.07, 6.45) is -0.271. The van der Waals surface area contributed by atoms with E-state index in [0.717, 1.165) is 5.33 Å². The van der Waals surface area contributed by atoms with E-state index in [-0.39, 0.29) is 6.10 Å². The molecule has 0 N–H and O–H groups in total. The van der Waals surface area contributed by atoms with Crippen LogP contribution in [0.1, 0.15) is 6.92 Å². The Bertz CT molecular complexity index is 88.9. The van der Waals surface area contributed by atoms with Gasteiger partial charge in [0.2, 0.25) is 0 Å². The molecule has 0 aromatic heterocycles. The highest BCUT2D eigenvalue weighted by atomic mass is 79.9. The van der Waals surface area contributed by atoms with Gasteiger partial charge in [-0.15, -0.1) is 0 Å². The SMILES string of the molecule is C[C@H](C#N)OCCBr. The standard InChI is InChI=1S/C5H8BrNO/c1-5(4-7)8-3-2-6/h5H,2-3H2,1H3/t5-/m1/s1. The number of nitriles is 1. The molecule has 0 rings (SSSR count). The molecule has 0 heterocycles. The van der Waals surface area contributed by atoms with Gasteiger partial charge in [-0.05, 0) is 6.92 Å². The van der Waals surface area contributed by atoms with Crippen LogP contribution in [0, 0.1) is 11.3 Å². The Morgan fingerprint density at radius 2 is 2.50 bits per heavy atom. The van der Waals surface area contributed by atoms with Gasteiger partial charge in [0.1, 0.15) is 6.10 Å². The van der Waals surface area contributed by atoms with Crippen LogP contribution < -0.4 is 0 Å². The fraction of sp³-hybridized carbons (Fsp3) is 0.800. The van der Waals surface area contributed by atoms with Gasteiger partial charge < -0.3 is 4.74 Å². The van der Waals surface area contributed by atoms with Gasteiger partial charge in [-0.1, -0.05) is 15.9 Å². The lowest BCUT2D eigenvalue weighted by Crippen LogP contribution is -2.06. The highest BCUT2D eigenvalue weighted by molar-refractivity contribution is 9.09. The Morgan fingerprint density at radius 1 is 1.88 bits per heavy atom. The maximum absolute atomic E-state index is 8.17. The molecule has 0 bridgehead atoms. The summed E-state index contributed by atoms with van der Waals surface area (Å²) in [4.78, 5) is 0. The zero-order valence-corrected chi connectivity index (χ0v) is 6.31. The smallest absolute Gasteiger partial charge is 0.141 e. The van der Waals surface area contributed by atoms with Gasteiger partial charge in [-0.25, -0.2) is 0 Å². The van der Waals surface area contributed by atoms with Crippen molar-refractivity contribution in [1.29, 1.82) is 5.26 Å².